The molecule has 0 aromatic carbocycles. The van der Waals surface area contributed by atoms with Crippen molar-refractivity contribution in [3.05, 3.63) is 24.4 Å². The zero-order valence-electron chi connectivity index (χ0n) is 12.7. The average molecular weight is 279 g/mol. The third-order valence-electron chi connectivity index (χ3n) is 4.24. The van der Waals surface area contributed by atoms with Crippen LogP contribution in [0.2, 0.25) is 0 Å². The van der Waals surface area contributed by atoms with Crippen LogP contribution in [0.3, 0.4) is 0 Å². The molecule has 1 aromatic heterocycles. The number of rotatable bonds is 6. The molecule has 0 spiro atoms. The molecule has 0 unspecified atom stereocenters. The van der Waals surface area contributed by atoms with Gasteiger partial charge in [-0.1, -0.05) is 25.1 Å². The molecule has 0 bridgehead atoms. The van der Waals surface area contributed by atoms with E-state index in [-0.39, 0.29) is 5.60 Å². The first-order valence-electron chi connectivity index (χ1n) is 7.21. The van der Waals surface area contributed by atoms with Gasteiger partial charge in [0.25, 0.3) is 0 Å². The van der Waals surface area contributed by atoms with Crippen LogP contribution in [0.4, 0.5) is 0 Å². The van der Waals surface area contributed by atoms with Gasteiger partial charge in [0, 0.05) is 13.7 Å². The average Bonchev–Trinajstić information content (AvgIpc) is 2.89. The molecular formula is C15H25N3O2. The lowest BCUT2D eigenvalue weighted by atomic mass is 9.70. The monoisotopic (exact) mass is 279 g/mol. The number of hydrogen-bond acceptors (Lipinski definition) is 5. The van der Waals surface area contributed by atoms with Crippen molar-refractivity contribution in [1.82, 2.24) is 15.5 Å². The Bertz CT molecular complexity index is 444. The minimum atomic E-state index is -0.379. The lowest BCUT2D eigenvalue weighted by molar-refractivity contribution is -0.0740. The van der Waals surface area contributed by atoms with Gasteiger partial charge in [0.15, 0.2) is 0 Å². The van der Waals surface area contributed by atoms with Gasteiger partial charge < -0.3 is 14.6 Å². The minimum Gasteiger partial charge on any atom is -0.370 e. The third-order valence-corrected chi connectivity index (χ3v) is 4.24. The van der Waals surface area contributed by atoms with Crippen molar-refractivity contribution in [1.29, 1.82) is 0 Å². The molecule has 0 aliphatic heterocycles. The Kier molecular flexibility index (Phi) is 4.60. The van der Waals surface area contributed by atoms with E-state index < -0.39 is 0 Å². The highest BCUT2D eigenvalue weighted by Crippen LogP contribution is 2.46. The first-order valence-corrected chi connectivity index (χ1v) is 7.21. The van der Waals surface area contributed by atoms with E-state index in [4.69, 9.17) is 9.26 Å². The SMILES string of the molecule is C=CCNCc1nc(C2(OC)CCC(C)(C)CC2)no1. The fraction of sp³-hybridized carbons (Fsp3) is 0.733. The molecule has 1 aliphatic rings. The molecule has 112 valence electrons. The van der Waals surface area contributed by atoms with E-state index in [2.05, 4.69) is 35.9 Å². The Balaban J connectivity index is 2.06. The normalized spacial score (nSPS) is 20.8. The van der Waals surface area contributed by atoms with Crippen LogP contribution >= 0.6 is 0 Å². The first kappa shape index (κ1) is 15.2. The van der Waals surface area contributed by atoms with Crippen LogP contribution in [0.5, 0.6) is 0 Å². The molecule has 1 N–H and O–H groups in total. The largest absolute Gasteiger partial charge is 0.370 e. The molecule has 0 saturated heterocycles. The Morgan fingerprint density at radius 2 is 2.05 bits per heavy atom. The number of nitrogens with zero attached hydrogens (tertiary/aromatic N) is 2. The summed E-state index contributed by atoms with van der Waals surface area (Å²) < 4.78 is 11.1. The predicted octanol–water partition coefficient (Wildman–Crippen LogP) is 2.79. The van der Waals surface area contributed by atoms with E-state index in [1.165, 1.54) is 0 Å². The molecule has 0 amide bonds. The van der Waals surface area contributed by atoms with Gasteiger partial charge in [0.1, 0.15) is 5.60 Å². The second-order valence-corrected chi connectivity index (χ2v) is 6.29. The van der Waals surface area contributed by atoms with Crippen LogP contribution in [0.15, 0.2) is 17.2 Å². The summed E-state index contributed by atoms with van der Waals surface area (Å²) in [5, 5.41) is 7.29. The maximum atomic E-state index is 5.78. The van der Waals surface area contributed by atoms with Crippen LogP contribution in [0, 0.1) is 5.41 Å². The summed E-state index contributed by atoms with van der Waals surface area (Å²) in [5.74, 6) is 1.29. The van der Waals surface area contributed by atoms with Crippen LogP contribution in [-0.2, 0) is 16.9 Å². The molecule has 1 aromatic rings. The quantitative estimate of drug-likeness (QED) is 0.641. The van der Waals surface area contributed by atoms with Crippen LogP contribution < -0.4 is 5.32 Å². The van der Waals surface area contributed by atoms with Crippen molar-refractivity contribution < 1.29 is 9.26 Å². The molecular weight excluding hydrogens is 254 g/mol. The van der Waals surface area contributed by atoms with E-state index in [0.717, 1.165) is 32.2 Å². The molecule has 1 heterocycles. The Morgan fingerprint density at radius 3 is 2.65 bits per heavy atom. The van der Waals surface area contributed by atoms with Gasteiger partial charge in [-0.25, -0.2) is 0 Å². The highest BCUT2D eigenvalue weighted by Gasteiger charge is 2.43. The summed E-state index contributed by atoms with van der Waals surface area (Å²) >= 11 is 0. The van der Waals surface area contributed by atoms with Crippen molar-refractivity contribution in [2.75, 3.05) is 13.7 Å². The number of methoxy groups -OCH3 is 1. The zero-order chi connectivity index (χ0) is 14.6. The van der Waals surface area contributed by atoms with Crippen molar-refractivity contribution in [2.24, 2.45) is 5.41 Å². The first-order chi connectivity index (χ1) is 9.51. The molecule has 0 atom stereocenters. The van der Waals surface area contributed by atoms with Gasteiger partial charge in [-0.05, 0) is 31.1 Å². The molecule has 5 nitrogen and oxygen atoms in total. The van der Waals surface area contributed by atoms with Crippen LogP contribution in [0.1, 0.15) is 51.2 Å². The van der Waals surface area contributed by atoms with Gasteiger partial charge in [-0.2, -0.15) is 4.98 Å². The van der Waals surface area contributed by atoms with Gasteiger partial charge in [0.05, 0.1) is 6.54 Å². The fourth-order valence-electron chi connectivity index (χ4n) is 2.64. The lowest BCUT2D eigenvalue weighted by Gasteiger charge is -2.40. The molecule has 2 rings (SSSR count). The summed E-state index contributed by atoms with van der Waals surface area (Å²) in [4.78, 5) is 4.50. The Morgan fingerprint density at radius 1 is 1.35 bits per heavy atom. The van der Waals surface area contributed by atoms with E-state index in [1.54, 1.807) is 13.2 Å². The van der Waals surface area contributed by atoms with Crippen molar-refractivity contribution >= 4 is 0 Å². The summed E-state index contributed by atoms with van der Waals surface area (Å²) in [6.45, 7) is 9.54. The molecule has 20 heavy (non-hydrogen) atoms. The Hall–Kier alpha value is -1.20. The fourth-order valence-corrected chi connectivity index (χ4v) is 2.64. The highest BCUT2D eigenvalue weighted by atomic mass is 16.5. The van der Waals surface area contributed by atoms with Gasteiger partial charge in [0.2, 0.25) is 11.7 Å². The van der Waals surface area contributed by atoms with Crippen molar-refractivity contribution in [3.8, 4) is 0 Å². The van der Waals surface area contributed by atoms with Crippen molar-refractivity contribution in [3.63, 3.8) is 0 Å². The second kappa shape index (κ2) is 6.06. The molecule has 5 heteroatoms. The number of nitrogens with one attached hydrogen (secondary N) is 1. The zero-order valence-corrected chi connectivity index (χ0v) is 12.7. The number of aromatic nitrogens is 2. The van der Waals surface area contributed by atoms with E-state index in [0.29, 0.717) is 23.7 Å². The summed E-state index contributed by atoms with van der Waals surface area (Å²) in [5.41, 5.74) is -0.00415. The lowest BCUT2D eigenvalue weighted by Crippen LogP contribution is -2.37. The standard InChI is InChI=1S/C15H25N3O2/c1-5-10-16-11-12-17-13(18-20-12)15(19-4)8-6-14(2,3)7-9-15/h5,16H,1,6-11H2,2-4H3. The molecule has 1 saturated carbocycles. The van der Waals surface area contributed by atoms with Gasteiger partial charge in [-0.15, -0.1) is 6.58 Å². The Labute approximate surface area is 120 Å². The van der Waals surface area contributed by atoms with Gasteiger partial charge >= 0.3 is 0 Å². The maximum absolute atomic E-state index is 5.78. The van der Waals surface area contributed by atoms with Crippen LogP contribution in [-0.4, -0.2) is 23.8 Å². The number of ether oxygens (including phenoxy) is 1. The second-order valence-electron chi connectivity index (χ2n) is 6.29. The van der Waals surface area contributed by atoms with E-state index >= 15 is 0 Å². The van der Waals surface area contributed by atoms with Gasteiger partial charge in [-0.3, -0.25) is 0 Å². The number of hydrogen-bond donors (Lipinski definition) is 1. The smallest absolute Gasteiger partial charge is 0.240 e. The minimum absolute atomic E-state index is 0.375. The van der Waals surface area contributed by atoms with E-state index in [9.17, 15) is 0 Å². The third kappa shape index (κ3) is 3.27. The van der Waals surface area contributed by atoms with Crippen LogP contribution in [0.25, 0.3) is 0 Å². The molecule has 1 fully saturated rings. The topological polar surface area (TPSA) is 60.2 Å². The van der Waals surface area contributed by atoms with Crippen molar-refractivity contribution in [2.45, 2.75) is 51.7 Å². The summed E-state index contributed by atoms with van der Waals surface area (Å²) in [6, 6.07) is 0. The maximum Gasteiger partial charge on any atom is 0.240 e. The molecule has 0 radical (unpaired) electrons. The summed E-state index contributed by atoms with van der Waals surface area (Å²) in [6.07, 6.45) is 5.90. The van der Waals surface area contributed by atoms with E-state index in [1.807, 2.05) is 0 Å². The highest BCUT2D eigenvalue weighted by molar-refractivity contribution is 5.05. The summed E-state index contributed by atoms with van der Waals surface area (Å²) in [7, 11) is 1.74. The predicted molar refractivity (Wildman–Crippen MR) is 77.1 cm³/mol. The molecule has 1 aliphatic carbocycles.